The van der Waals surface area contributed by atoms with Crippen LogP contribution < -0.4 is 0 Å². The topological polar surface area (TPSA) is 41.3 Å². The maximum Gasteiger partial charge on any atom is 0.0951 e. The second-order valence-electron chi connectivity index (χ2n) is 5.31. The number of imidazole rings is 1. The Morgan fingerprint density at radius 1 is 1.53 bits per heavy atom. The highest BCUT2D eigenvalue weighted by Crippen LogP contribution is 2.19. The van der Waals surface area contributed by atoms with E-state index in [2.05, 4.69) is 28.3 Å². The predicted molar refractivity (Wildman–Crippen MR) is 67.7 cm³/mol. The number of hydrogen-bond acceptors (Lipinski definition) is 3. The van der Waals surface area contributed by atoms with Gasteiger partial charge in [0, 0.05) is 31.9 Å². The van der Waals surface area contributed by atoms with E-state index in [1.165, 1.54) is 12.1 Å². The number of aromatic nitrogens is 2. The van der Waals surface area contributed by atoms with Crippen LogP contribution in [0.15, 0.2) is 12.5 Å². The van der Waals surface area contributed by atoms with Crippen LogP contribution in [-0.4, -0.2) is 39.3 Å². The Hall–Kier alpha value is -0.870. The van der Waals surface area contributed by atoms with Gasteiger partial charge in [-0.05, 0) is 39.2 Å². The average molecular weight is 237 g/mol. The molecule has 1 aromatic rings. The summed E-state index contributed by atoms with van der Waals surface area (Å²) in [6, 6.07) is 0.464. The lowest BCUT2D eigenvalue weighted by molar-refractivity contribution is 0.114. The Morgan fingerprint density at radius 3 is 3.06 bits per heavy atom. The van der Waals surface area contributed by atoms with Crippen molar-refractivity contribution in [2.75, 3.05) is 19.7 Å². The smallest absolute Gasteiger partial charge is 0.0951 e. The first-order valence-electron chi connectivity index (χ1n) is 6.54. The first-order chi connectivity index (χ1) is 8.20. The molecule has 1 unspecified atom stereocenters. The number of rotatable bonds is 4. The van der Waals surface area contributed by atoms with Crippen molar-refractivity contribution in [3.05, 3.63) is 18.2 Å². The van der Waals surface area contributed by atoms with Gasteiger partial charge in [0.2, 0.25) is 0 Å². The highest BCUT2D eigenvalue weighted by molar-refractivity contribution is 5.00. The van der Waals surface area contributed by atoms with Gasteiger partial charge in [0.25, 0.3) is 0 Å². The summed E-state index contributed by atoms with van der Waals surface area (Å²) in [7, 11) is 0. The molecule has 0 amide bonds. The molecule has 4 nitrogen and oxygen atoms in total. The molecule has 1 atom stereocenters. The molecule has 1 aliphatic heterocycles. The average Bonchev–Trinajstić information content (AvgIpc) is 2.77. The summed E-state index contributed by atoms with van der Waals surface area (Å²) >= 11 is 0. The maximum absolute atomic E-state index is 9.23. The Balaban J connectivity index is 1.98. The predicted octanol–water partition coefficient (Wildman–Crippen LogP) is 1.67. The summed E-state index contributed by atoms with van der Waals surface area (Å²) in [6.45, 7) is 7.78. The summed E-state index contributed by atoms with van der Waals surface area (Å²) in [5, 5.41) is 9.23. The highest BCUT2D eigenvalue weighted by Gasteiger charge is 2.20. The Kier molecular flexibility index (Phi) is 4.18. The van der Waals surface area contributed by atoms with E-state index in [0.29, 0.717) is 18.6 Å². The number of aliphatic hydroxyl groups is 1. The molecule has 0 saturated carbocycles. The third kappa shape index (κ3) is 3.07. The normalized spacial score (nSPS) is 22.2. The van der Waals surface area contributed by atoms with Gasteiger partial charge in [-0.1, -0.05) is 0 Å². The van der Waals surface area contributed by atoms with Crippen molar-refractivity contribution in [1.82, 2.24) is 14.5 Å². The third-order valence-electron chi connectivity index (χ3n) is 3.55. The molecule has 0 aliphatic carbocycles. The van der Waals surface area contributed by atoms with Crippen LogP contribution in [0, 0.1) is 5.92 Å². The van der Waals surface area contributed by atoms with E-state index in [1.807, 2.05) is 12.5 Å². The zero-order valence-electron chi connectivity index (χ0n) is 10.8. The lowest BCUT2D eigenvalue weighted by atomic mass is 9.99. The van der Waals surface area contributed by atoms with Gasteiger partial charge in [-0.25, -0.2) is 4.98 Å². The molecule has 1 N–H and O–H groups in total. The molecule has 17 heavy (non-hydrogen) atoms. The zero-order valence-corrected chi connectivity index (χ0v) is 10.8. The van der Waals surface area contributed by atoms with Crippen LogP contribution in [-0.2, 0) is 6.54 Å². The van der Waals surface area contributed by atoms with Gasteiger partial charge >= 0.3 is 0 Å². The van der Waals surface area contributed by atoms with Gasteiger partial charge in [0.05, 0.1) is 12.0 Å². The minimum atomic E-state index is 0.319. The molecule has 0 bridgehead atoms. The molecule has 96 valence electrons. The molecule has 4 heteroatoms. The van der Waals surface area contributed by atoms with Gasteiger partial charge < -0.3 is 9.67 Å². The fraction of sp³-hybridized carbons (Fsp3) is 0.769. The van der Waals surface area contributed by atoms with Crippen molar-refractivity contribution in [1.29, 1.82) is 0 Å². The number of likely N-dealkylation sites (tertiary alicyclic amines) is 1. The van der Waals surface area contributed by atoms with E-state index >= 15 is 0 Å². The molecular formula is C13H23N3O. The molecule has 1 fully saturated rings. The summed E-state index contributed by atoms with van der Waals surface area (Å²) in [4.78, 5) is 6.67. The number of hydrogen-bond donors (Lipinski definition) is 1. The highest BCUT2D eigenvalue weighted by atomic mass is 16.3. The lowest BCUT2D eigenvalue weighted by Crippen LogP contribution is -2.36. The van der Waals surface area contributed by atoms with E-state index in [4.69, 9.17) is 0 Å². The second-order valence-corrected chi connectivity index (χ2v) is 5.31. The lowest BCUT2D eigenvalue weighted by Gasteiger charge is -2.32. The van der Waals surface area contributed by atoms with E-state index in [-0.39, 0.29) is 0 Å². The van der Waals surface area contributed by atoms with E-state index in [1.54, 1.807) is 0 Å². The molecular weight excluding hydrogens is 214 g/mol. The molecule has 2 heterocycles. The van der Waals surface area contributed by atoms with E-state index in [9.17, 15) is 5.11 Å². The number of aliphatic hydroxyl groups excluding tert-OH is 1. The van der Waals surface area contributed by atoms with Crippen LogP contribution in [0.2, 0.25) is 0 Å². The first kappa shape index (κ1) is 12.6. The molecule has 0 radical (unpaired) electrons. The maximum atomic E-state index is 9.23. The molecule has 0 aromatic carbocycles. The van der Waals surface area contributed by atoms with Crippen molar-refractivity contribution in [3.8, 4) is 0 Å². The monoisotopic (exact) mass is 237 g/mol. The van der Waals surface area contributed by atoms with Crippen molar-refractivity contribution >= 4 is 0 Å². The summed E-state index contributed by atoms with van der Waals surface area (Å²) < 4.78 is 2.22. The standard InChI is InChI=1S/C13H23N3O/c1-11(2)16-10-14-6-13(16)8-15-5-3-4-12(7-15)9-17/h6,10-12,17H,3-5,7-9H2,1-2H3. The fourth-order valence-electron chi connectivity index (χ4n) is 2.59. The SMILES string of the molecule is CC(C)n1cncc1CN1CCCC(CO)C1. The number of piperidine rings is 1. The van der Waals surface area contributed by atoms with Crippen LogP contribution >= 0.6 is 0 Å². The van der Waals surface area contributed by atoms with Crippen molar-refractivity contribution in [2.45, 2.75) is 39.3 Å². The molecule has 2 rings (SSSR count). The van der Waals surface area contributed by atoms with E-state index in [0.717, 1.165) is 26.1 Å². The van der Waals surface area contributed by atoms with Crippen LogP contribution in [0.4, 0.5) is 0 Å². The molecule has 1 aliphatic rings. The molecule has 0 spiro atoms. The van der Waals surface area contributed by atoms with Gasteiger partial charge in [0.15, 0.2) is 0 Å². The fourth-order valence-corrected chi connectivity index (χ4v) is 2.59. The Bertz CT molecular complexity index is 348. The molecule has 1 saturated heterocycles. The van der Waals surface area contributed by atoms with Crippen LogP contribution in [0.3, 0.4) is 0 Å². The summed E-state index contributed by atoms with van der Waals surface area (Å²) in [5.74, 6) is 0.458. The van der Waals surface area contributed by atoms with Gasteiger partial charge in [-0.2, -0.15) is 0 Å². The summed E-state index contributed by atoms with van der Waals surface area (Å²) in [6.07, 6.45) is 6.23. The van der Waals surface area contributed by atoms with Gasteiger partial charge in [0.1, 0.15) is 0 Å². The Labute approximate surface area is 103 Å². The zero-order chi connectivity index (χ0) is 12.3. The minimum absolute atomic E-state index is 0.319. The van der Waals surface area contributed by atoms with Crippen LogP contribution in [0.25, 0.3) is 0 Å². The van der Waals surface area contributed by atoms with Crippen LogP contribution in [0.1, 0.15) is 38.4 Å². The first-order valence-corrected chi connectivity index (χ1v) is 6.54. The largest absolute Gasteiger partial charge is 0.396 e. The summed E-state index contributed by atoms with van der Waals surface area (Å²) in [5.41, 5.74) is 1.28. The third-order valence-corrected chi connectivity index (χ3v) is 3.55. The van der Waals surface area contributed by atoms with Crippen molar-refractivity contribution in [2.24, 2.45) is 5.92 Å². The molecule has 1 aromatic heterocycles. The van der Waals surface area contributed by atoms with Crippen molar-refractivity contribution < 1.29 is 5.11 Å². The van der Waals surface area contributed by atoms with Crippen molar-refractivity contribution in [3.63, 3.8) is 0 Å². The number of nitrogens with zero attached hydrogens (tertiary/aromatic N) is 3. The quantitative estimate of drug-likeness (QED) is 0.866. The van der Waals surface area contributed by atoms with Gasteiger partial charge in [-0.15, -0.1) is 0 Å². The Morgan fingerprint density at radius 2 is 2.35 bits per heavy atom. The van der Waals surface area contributed by atoms with Crippen LogP contribution in [0.5, 0.6) is 0 Å². The van der Waals surface area contributed by atoms with E-state index < -0.39 is 0 Å². The minimum Gasteiger partial charge on any atom is -0.396 e. The van der Waals surface area contributed by atoms with Gasteiger partial charge in [-0.3, -0.25) is 4.90 Å². The second kappa shape index (κ2) is 5.65.